The summed E-state index contributed by atoms with van der Waals surface area (Å²) in [7, 11) is 0. The van der Waals surface area contributed by atoms with Gasteiger partial charge in [0.25, 0.3) is 11.5 Å². The van der Waals surface area contributed by atoms with E-state index < -0.39 is 6.04 Å². The van der Waals surface area contributed by atoms with E-state index in [0.717, 1.165) is 24.1 Å². The number of rotatable bonds is 7. The van der Waals surface area contributed by atoms with Crippen LogP contribution >= 0.6 is 0 Å². The van der Waals surface area contributed by atoms with Crippen molar-refractivity contribution in [2.45, 2.75) is 46.6 Å². The first-order valence-corrected chi connectivity index (χ1v) is 11.9. The second kappa shape index (κ2) is 10.0. The van der Waals surface area contributed by atoms with Crippen LogP contribution in [-0.2, 0) is 6.42 Å². The molecule has 0 aliphatic carbocycles. The van der Waals surface area contributed by atoms with Crippen molar-refractivity contribution in [1.82, 2.24) is 14.5 Å². The first-order valence-electron chi connectivity index (χ1n) is 11.9. The fourth-order valence-corrected chi connectivity index (χ4v) is 4.35. The van der Waals surface area contributed by atoms with E-state index in [4.69, 9.17) is 4.98 Å². The molecule has 5 nitrogen and oxygen atoms in total. The lowest BCUT2D eigenvalue weighted by Gasteiger charge is -2.30. The van der Waals surface area contributed by atoms with Gasteiger partial charge in [-0.15, -0.1) is 0 Å². The SMILES string of the molecule is CCCN(C(=O)c1ccc(CC)cc1)C(C)c1nc2ccccc2c(=O)n1-c1cccc(C)c1. The molecular weight excluding hydrogens is 422 g/mol. The van der Waals surface area contributed by atoms with Crippen LogP contribution in [0.1, 0.15) is 60.5 Å². The van der Waals surface area contributed by atoms with Crippen molar-refractivity contribution in [2.24, 2.45) is 0 Å². The number of benzene rings is 3. The number of hydrogen-bond acceptors (Lipinski definition) is 3. The third kappa shape index (κ3) is 4.51. The highest BCUT2D eigenvalue weighted by Gasteiger charge is 2.27. The molecule has 5 heteroatoms. The zero-order valence-electron chi connectivity index (χ0n) is 20.3. The van der Waals surface area contributed by atoms with E-state index >= 15 is 0 Å². The first kappa shape index (κ1) is 23.4. The van der Waals surface area contributed by atoms with Crippen molar-refractivity contribution < 1.29 is 4.79 Å². The molecule has 0 radical (unpaired) electrons. The predicted octanol–water partition coefficient (Wildman–Crippen LogP) is 5.87. The molecule has 34 heavy (non-hydrogen) atoms. The van der Waals surface area contributed by atoms with Crippen molar-refractivity contribution in [3.05, 3.63) is 106 Å². The Labute approximate surface area is 200 Å². The molecule has 0 spiro atoms. The maximum atomic E-state index is 13.7. The molecule has 1 aromatic heterocycles. The highest BCUT2D eigenvalue weighted by molar-refractivity contribution is 5.94. The number of hydrogen-bond donors (Lipinski definition) is 0. The number of fused-ring (bicyclic) bond motifs is 1. The van der Waals surface area contributed by atoms with Crippen LogP contribution in [0, 0.1) is 6.92 Å². The summed E-state index contributed by atoms with van der Waals surface area (Å²) in [6.45, 7) is 8.66. The van der Waals surface area contributed by atoms with Crippen molar-refractivity contribution >= 4 is 16.8 Å². The van der Waals surface area contributed by atoms with E-state index in [1.54, 1.807) is 10.6 Å². The minimum Gasteiger partial charge on any atom is -0.329 e. The molecule has 174 valence electrons. The maximum Gasteiger partial charge on any atom is 0.266 e. The summed E-state index contributed by atoms with van der Waals surface area (Å²) in [6.07, 6.45) is 1.72. The van der Waals surface area contributed by atoms with E-state index in [1.807, 2.05) is 85.5 Å². The van der Waals surface area contributed by atoms with Crippen LogP contribution in [0.3, 0.4) is 0 Å². The quantitative estimate of drug-likeness (QED) is 0.352. The van der Waals surface area contributed by atoms with Gasteiger partial charge in [0.15, 0.2) is 0 Å². The third-order valence-corrected chi connectivity index (χ3v) is 6.24. The molecule has 4 aromatic rings. The summed E-state index contributed by atoms with van der Waals surface area (Å²) in [5.74, 6) is 0.497. The topological polar surface area (TPSA) is 55.2 Å². The minimum absolute atomic E-state index is 0.0600. The van der Waals surface area contributed by atoms with Crippen molar-refractivity contribution in [3.63, 3.8) is 0 Å². The molecule has 0 aliphatic rings. The van der Waals surface area contributed by atoms with E-state index in [1.165, 1.54) is 5.56 Å². The average Bonchev–Trinajstić information content (AvgIpc) is 2.86. The minimum atomic E-state index is -0.406. The number of aromatic nitrogens is 2. The summed E-state index contributed by atoms with van der Waals surface area (Å²) < 4.78 is 1.66. The zero-order chi connectivity index (χ0) is 24.2. The lowest BCUT2D eigenvalue weighted by Crippen LogP contribution is -2.38. The highest BCUT2D eigenvalue weighted by atomic mass is 16.2. The van der Waals surface area contributed by atoms with Gasteiger partial charge < -0.3 is 4.90 Å². The third-order valence-electron chi connectivity index (χ3n) is 6.24. The Balaban J connectivity index is 1.88. The standard InChI is InChI=1S/C29H31N3O2/c1-5-18-31(28(33)23-16-14-22(6-2)15-17-23)21(4)27-30-26-13-8-7-12-25(26)29(34)32(27)24-11-9-10-20(3)19-24/h7-17,19,21H,5-6,18H2,1-4H3. The second-order valence-corrected chi connectivity index (χ2v) is 8.69. The first-order chi connectivity index (χ1) is 16.4. The number of carbonyl (C=O) groups excluding carboxylic acids is 1. The summed E-state index contributed by atoms with van der Waals surface area (Å²) in [5, 5.41) is 0.559. The Bertz CT molecular complexity index is 1370. The number of aryl methyl sites for hydroxylation is 2. The van der Waals surface area contributed by atoms with Crippen LogP contribution in [0.5, 0.6) is 0 Å². The van der Waals surface area contributed by atoms with E-state index in [2.05, 4.69) is 13.8 Å². The van der Waals surface area contributed by atoms with Crippen molar-refractivity contribution in [2.75, 3.05) is 6.54 Å². The molecule has 0 aliphatic heterocycles. The van der Waals surface area contributed by atoms with E-state index in [9.17, 15) is 9.59 Å². The predicted molar refractivity (Wildman–Crippen MR) is 138 cm³/mol. The largest absolute Gasteiger partial charge is 0.329 e. The van der Waals surface area contributed by atoms with Gasteiger partial charge in [0.1, 0.15) is 5.82 Å². The van der Waals surface area contributed by atoms with Crippen LogP contribution < -0.4 is 5.56 Å². The summed E-state index contributed by atoms with van der Waals surface area (Å²) >= 11 is 0. The molecule has 1 unspecified atom stereocenters. The van der Waals surface area contributed by atoms with Crippen molar-refractivity contribution in [1.29, 1.82) is 0 Å². The number of amides is 1. The van der Waals surface area contributed by atoms with Crippen LogP contribution in [0.2, 0.25) is 0 Å². The summed E-state index contributed by atoms with van der Waals surface area (Å²) in [6, 6.07) is 22.6. The van der Waals surface area contributed by atoms with E-state index in [-0.39, 0.29) is 11.5 Å². The number of para-hydroxylation sites is 1. The molecule has 0 fully saturated rings. The Morgan fingerprint density at radius 3 is 2.41 bits per heavy atom. The molecule has 0 N–H and O–H groups in total. The zero-order valence-corrected chi connectivity index (χ0v) is 20.3. The molecule has 1 heterocycles. The summed E-state index contributed by atoms with van der Waals surface area (Å²) in [5.41, 5.74) is 4.14. The Morgan fingerprint density at radius 2 is 1.74 bits per heavy atom. The van der Waals surface area contributed by atoms with Crippen LogP contribution in [0.4, 0.5) is 0 Å². The molecule has 1 atom stereocenters. The molecule has 3 aromatic carbocycles. The van der Waals surface area contributed by atoms with Gasteiger partial charge in [0.2, 0.25) is 0 Å². The Morgan fingerprint density at radius 1 is 1.00 bits per heavy atom. The summed E-state index contributed by atoms with van der Waals surface area (Å²) in [4.78, 5) is 34.0. The van der Waals surface area contributed by atoms with Crippen LogP contribution in [0.25, 0.3) is 16.6 Å². The van der Waals surface area contributed by atoms with Gasteiger partial charge >= 0.3 is 0 Å². The molecular formula is C29H31N3O2. The fraction of sp³-hybridized carbons (Fsp3) is 0.276. The van der Waals surface area contributed by atoms with Gasteiger partial charge in [0, 0.05) is 12.1 Å². The Kier molecular flexibility index (Phi) is 6.92. The average molecular weight is 454 g/mol. The van der Waals surface area contributed by atoms with Gasteiger partial charge in [-0.3, -0.25) is 14.2 Å². The van der Waals surface area contributed by atoms with Gasteiger partial charge in [-0.1, -0.05) is 50.2 Å². The van der Waals surface area contributed by atoms with Crippen molar-refractivity contribution in [3.8, 4) is 5.69 Å². The number of nitrogens with zero attached hydrogens (tertiary/aromatic N) is 3. The molecule has 1 amide bonds. The Hall–Kier alpha value is -3.73. The lowest BCUT2D eigenvalue weighted by molar-refractivity contribution is 0.0681. The lowest BCUT2D eigenvalue weighted by atomic mass is 10.1. The molecule has 4 rings (SSSR count). The maximum absolute atomic E-state index is 13.7. The number of carbonyl (C=O) groups is 1. The van der Waals surface area contributed by atoms with Crippen LogP contribution in [0.15, 0.2) is 77.6 Å². The van der Waals surface area contributed by atoms with Gasteiger partial charge in [-0.05, 0) is 74.2 Å². The van der Waals surface area contributed by atoms with Gasteiger partial charge in [0.05, 0.1) is 22.6 Å². The van der Waals surface area contributed by atoms with E-state index in [0.29, 0.717) is 28.8 Å². The highest BCUT2D eigenvalue weighted by Crippen LogP contribution is 2.25. The smallest absolute Gasteiger partial charge is 0.266 e. The van der Waals surface area contributed by atoms with Gasteiger partial charge in [-0.25, -0.2) is 4.98 Å². The fourth-order valence-electron chi connectivity index (χ4n) is 4.35. The van der Waals surface area contributed by atoms with Crippen LogP contribution in [-0.4, -0.2) is 26.9 Å². The second-order valence-electron chi connectivity index (χ2n) is 8.69. The molecule has 0 saturated carbocycles. The molecule has 0 bridgehead atoms. The molecule has 0 saturated heterocycles. The normalized spacial score (nSPS) is 12.0. The van der Waals surface area contributed by atoms with Gasteiger partial charge in [-0.2, -0.15) is 0 Å². The monoisotopic (exact) mass is 453 g/mol.